The summed E-state index contributed by atoms with van der Waals surface area (Å²) < 4.78 is 0. The highest BCUT2D eigenvalue weighted by molar-refractivity contribution is 5.76. The van der Waals surface area contributed by atoms with Gasteiger partial charge in [-0.1, -0.05) is 25.7 Å². The first-order valence-corrected chi connectivity index (χ1v) is 6.73. The molecule has 3 nitrogen and oxygen atoms in total. The smallest absolute Gasteiger partial charge is 0.0905 e. The minimum absolute atomic E-state index is 0.331. The number of amidine groups is 1. The summed E-state index contributed by atoms with van der Waals surface area (Å²) >= 11 is 0. The quantitative estimate of drug-likeness (QED) is 0.316. The largest absolute Gasteiger partial charge is 0.388 e. The van der Waals surface area contributed by atoms with Gasteiger partial charge in [0.1, 0.15) is 0 Å². The Balaban J connectivity index is 2.12. The van der Waals surface area contributed by atoms with Crippen molar-refractivity contribution in [2.24, 2.45) is 5.73 Å². The Hall–Kier alpha value is -0.570. The Morgan fingerprint density at radius 2 is 1.81 bits per heavy atom. The number of rotatable bonds is 6. The Morgan fingerprint density at radius 3 is 2.38 bits per heavy atom. The van der Waals surface area contributed by atoms with Crippen molar-refractivity contribution in [2.75, 3.05) is 13.6 Å². The van der Waals surface area contributed by atoms with E-state index in [1.807, 2.05) is 0 Å². The van der Waals surface area contributed by atoms with E-state index in [4.69, 9.17) is 11.1 Å². The lowest BCUT2D eigenvalue weighted by atomic mass is 10.1. The highest BCUT2D eigenvalue weighted by atomic mass is 15.1. The molecule has 0 aliphatic heterocycles. The molecule has 0 amide bonds. The SMILES string of the molecule is CN(CCCCC(=N)N)C1CCCCCC1. The van der Waals surface area contributed by atoms with Gasteiger partial charge in [0.05, 0.1) is 5.84 Å². The standard InChI is InChI=1S/C13H27N3/c1-16(11-7-6-10-13(14)15)12-8-4-2-3-5-9-12/h12H,2-11H2,1H3,(H3,14,15). The Labute approximate surface area is 99.9 Å². The second-order valence-electron chi connectivity index (χ2n) is 5.11. The molecule has 1 saturated carbocycles. The number of hydrogen-bond donors (Lipinski definition) is 2. The zero-order valence-electron chi connectivity index (χ0n) is 10.7. The summed E-state index contributed by atoms with van der Waals surface area (Å²) in [5.41, 5.74) is 5.34. The van der Waals surface area contributed by atoms with E-state index >= 15 is 0 Å². The van der Waals surface area contributed by atoms with E-state index in [-0.39, 0.29) is 0 Å². The van der Waals surface area contributed by atoms with Crippen LogP contribution in [0.5, 0.6) is 0 Å². The average molecular weight is 225 g/mol. The molecule has 1 fully saturated rings. The topological polar surface area (TPSA) is 53.1 Å². The molecule has 0 atom stereocenters. The van der Waals surface area contributed by atoms with Crippen molar-refractivity contribution in [3.63, 3.8) is 0 Å². The molecule has 0 radical (unpaired) electrons. The van der Waals surface area contributed by atoms with Crippen molar-refractivity contribution in [3.8, 4) is 0 Å². The predicted molar refractivity (Wildman–Crippen MR) is 69.9 cm³/mol. The molecule has 0 spiro atoms. The maximum Gasteiger partial charge on any atom is 0.0905 e. The Kier molecular flexibility index (Phi) is 6.46. The van der Waals surface area contributed by atoms with Crippen molar-refractivity contribution in [1.82, 2.24) is 4.90 Å². The fraction of sp³-hybridized carbons (Fsp3) is 0.923. The minimum atomic E-state index is 0.331. The third-order valence-corrected chi connectivity index (χ3v) is 3.65. The molecule has 94 valence electrons. The molecule has 1 rings (SSSR count). The van der Waals surface area contributed by atoms with Crippen molar-refractivity contribution < 1.29 is 0 Å². The first kappa shape index (κ1) is 13.5. The monoisotopic (exact) mass is 225 g/mol. The number of unbranched alkanes of at least 4 members (excludes halogenated alkanes) is 1. The van der Waals surface area contributed by atoms with Crippen LogP contribution in [0.15, 0.2) is 0 Å². The van der Waals surface area contributed by atoms with Crippen LogP contribution in [0.1, 0.15) is 57.8 Å². The fourth-order valence-corrected chi connectivity index (χ4v) is 2.56. The zero-order chi connectivity index (χ0) is 11.8. The van der Waals surface area contributed by atoms with Crippen LogP contribution in [0.2, 0.25) is 0 Å². The van der Waals surface area contributed by atoms with Gasteiger partial charge in [0.15, 0.2) is 0 Å². The lowest BCUT2D eigenvalue weighted by Crippen LogP contribution is -2.32. The molecule has 0 saturated heterocycles. The highest BCUT2D eigenvalue weighted by Crippen LogP contribution is 2.21. The molecular weight excluding hydrogens is 198 g/mol. The predicted octanol–water partition coefficient (Wildman–Crippen LogP) is 2.75. The molecule has 16 heavy (non-hydrogen) atoms. The molecule has 0 bridgehead atoms. The van der Waals surface area contributed by atoms with Crippen LogP contribution in [0.25, 0.3) is 0 Å². The molecule has 0 heterocycles. The van der Waals surface area contributed by atoms with Crippen molar-refractivity contribution in [3.05, 3.63) is 0 Å². The van der Waals surface area contributed by atoms with Crippen molar-refractivity contribution in [1.29, 1.82) is 5.41 Å². The third kappa shape index (κ3) is 5.50. The molecular formula is C13H27N3. The second-order valence-corrected chi connectivity index (χ2v) is 5.11. The number of nitrogens with two attached hydrogens (primary N) is 1. The van der Waals surface area contributed by atoms with E-state index < -0.39 is 0 Å². The second kappa shape index (κ2) is 7.66. The first-order chi connectivity index (χ1) is 7.70. The Morgan fingerprint density at radius 1 is 1.19 bits per heavy atom. The van der Waals surface area contributed by atoms with E-state index in [2.05, 4.69) is 11.9 Å². The van der Waals surface area contributed by atoms with Gasteiger partial charge in [-0.2, -0.15) is 0 Å². The van der Waals surface area contributed by atoms with E-state index in [1.165, 1.54) is 44.9 Å². The summed E-state index contributed by atoms with van der Waals surface area (Å²) in [6.07, 6.45) is 11.4. The van der Waals surface area contributed by atoms with Crippen LogP contribution < -0.4 is 5.73 Å². The van der Waals surface area contributed by atoms with E-state index in [9.17, 15) is 0 Å². The van der Waals surface area contributed by atoms with Gasteiger partial charge in [-0.15, -0.1) is 0 Å². The van der Waals surface area contributed by atoms with Gasteiger partial charge in [-0.3, -0.25) is 5.41 Å². The third-order valence-electron chi connectivity index (χ3n) is 3.65. The van der Waals surface area contributed by atoms with Crippen molar-refractivity contribution in [2.45, 2.75) is 63.8 Å². The molecule has 0 aromatic heterocycles. The normalized spacial score (nSPS) is 18.6. The summed E-state index contributed by atoms with van der Waals surface area (Å²) in [6, 6.07) is 0.805. The average Bonchev–Trinajstić information content (AvgIpc) is 2.52. The lowest BCUT2D eigenvalue weighted by Gasteiger charge is -2.26. The Bertz CT molecular complexity index is 195. The lowest BCUT2D eigenvalue weighted by molar-refractivity contribution is 0.217. The molecule has 3 heteroatoms. The molecule has 1 aliphatic carbocycles. The molecule has 3 N–H and O–H groups in total. The maximum absolute atomic E-state index is 7.17. The van der Waals surface area contributed by atoms with E-state index in [1.54, 1.807) is 0 Å². The number of nitrogens with zero attached hydrogens (tertiary/aromatic N) is 1. The molecule has 0 aromatic rings. The van der Waals surface area contributed by atoms with Gasteiger partial charge in [-0.05, 0) is 39.3 Å². The van der Waals surface area contributed by atoms with Crippen LogP contribution in [0.4, 0.5) is 0 Å². The zero-order valence-corrected chi connectivity index (χ0v) is 10.7. The summed E-state index contributed by atoms with van der Waals surface area (Å²) in [5.74, 6) is 0.331. The van der Waals surface area contributed by atoms with Gasteiger partial charge < -0.3 is 10.6 Å². The summed E-state index contributed by atoms with van der Waals surface area (Å²) in [6.45, 7) is 1.16. The molecule has 1 aliphatic rings. The molecule has 0 unspecified atom stereocenters. The van der Waals surface area contributed by atoms with Crippen LogP contribution in [0, 0.1) is 5.41 Å². The van der Waals surface area contributed by atoms with Gasteiger partial charge >= 0.3 is 0 Å². The summed E-state index contributed by atoms with van der Waals surface area (Å²) in [7, 11) is 2.25. The molecule has 0 aromatic carbocycles. The van der Waals surface area contributed by atoms with Crippen LogP contribution >= 0.6 is 0 Å². The van der Waals surface area contributed by atoms with E-state index in [0.29, 0.717) is 5.84 Å². The minimum Gasteiger partial charge on any atom is -0.388 e. The number of hydrogen-bond acceptors (Lipinski definition) is 2. The highest BCUT2D eigenvalue weighted by Gasteiger charge is 2.15. The summed E-state index contributed by atoms with van der Waals surface area (Å²) in [4.78, 5) is 2.52. The van der Waals surface area contributed by atoms with Crippen LogP contribution in [0.3, 0.4) is 0 Å². The maximum atomic E-state index is 7.17. The van der Waals surface area contributed by atoms with Gasteiger partial charge in [-0.25, -0.2) is 0 Å². The van der Waals surface area contributed by atoms with Crippen LogP contribution in [-0.4, -0.2) is 30.4 Å². The van der Waals surface area contributed by atoms with Gasteiger partial charge in [0.25, 0.3) is 0 Å². The summed E-state index contributed by atoms with van der Waals surface area (Å²) in [5, 5.41) is 7.17. The van der Waals surface area contributed by atoms with Crippen molar-refractivity contribution >= 4 is 5.84 Å². The number of nitrogens with one attached hydrogen (secondary N) is 1. The first-order valence-electron chi connectivity index (χ1n) is 6.73. The van der Waals surface area contributed by atoms with E-state index in [0.717, 1.165) is 25.4 Å². The van der Waals surface area contributed by atoms with Gasteiger partial charge in [0, 0.05) is 12.5 Å². The van der Waals surface area contributed by atoms with Crippen LogP contribution in [-0.2, 0) is 0 Å². The van der Waals surface area contributed by atoms with Gasteiger partial charge in [0.2, 0.25) is 0 Å². The fourth-order valence-electron chi connectivity index (χ4n) is 2.56.